The van der Waals surface area contributed by atoms with Crippen LogP contribution in [0.25, 0.3) is 5.70 Å². The lowest BCUT2D eigenvalue weighted by Gasteiger charge is -2.26. The molecule has 0 amide bonds. The van der Waals surface area contributed by atoms with Crippen molar-refractivity contribution in [2.24, 2.45) is 12.0 Å². The monoisotopic (exact) mass is 463 g/mol. The van der Waals surface area contributed by atoms with Crippen LogP contribution in [0, 0.1) is 6.92 Å². The average molecular weight is 464 g/mol. The van der Waals surface area contributed by atoms with Gasteiger partial charge >= 0.3 is 0 Å². The number of nitrogens with zero attached hydrogens (tertiary/aromatic N) is 5. The summed E-state index contributed by atoms with van der Waals surface area (Å²) in [5, 5.41) is 4.42. The summed E-state index contributed by atoms with van der Waals surface area (Å²) in [5.41, 5.74) is 5.92. The molecule has 0 aliphatic carbocycles. The van der Waals surface area contributed by atoms with Crippen molar-refractivity contribution in [1.82, 2.24) is 14.7 Å². The first-order valence-corrected chi connectivity index (χ1v) is 12.6. The van der Waals surface area contributed by atoms with E-state index >= 15 is 0 Å². The third-order valence-corrected chi connectivity index (χ3v) is 6.38. The predicted octanol–water partition coefficient (Wildman–Crippen LogP) is 5.25. The number of hydrogen-bond donors (Lipinski definition) is 0. The van der Waals surface area contributed by atoms with E-state index in [0.29, 0.717) is 12.5 Å². The number of allylic oxidation sites excluding steroid dienone is 2. The fourth-order valence-corrected chi connectivity index (χ4v) is 4.58. The zero-order valence-electron chi connectivity index (χ0n) is 21.5. The van der Waals surface area contributed by atoms with Gasteiger partial charge in [-0.15, -0.1) is 0 Å². The van der Waals surface area contributed by atoms with E-state index in [1.54, 1.807) is 10.8 Å². The Kier molecular flexibility index (Phi) is 9.95. The van der Waals surface area contributed by atoms with Gasteiger partial charge < -0.3 is 14.5 Å². The maximum Gasteiger partial charge on any atom is 0.185 e. The molecule has 0 radical (unpaired) electrons. The Morgan fingerprint density at radius 1 is 1.18 bits per heavy atom. The van der Waals surface area contributed by atoms with Crippen molar-refractivity contribution in [3.63, 3.8) is 0 Å². The van der Waals surface area contributed by atoms with Gasteiger partial charge in [-0.1, -0.05) is 31.7 Å². The number of aryl methyl sites for hydroxylation is 2. The van der Waals surface area contributed by atoms with Crippen molar-refractivity contribution >= 4 is 17.3 Å². The summed E-state index contributed by atoms with van der Waals surface area (Å²) in [6, 6.07) is 8.67. The molecule has 6 nitrogen and oxygen atoms in total. The fraction of sp³-hybridized carbons (Fsp3) is 0.500. The van der Waals surface area contributed by atoms with Crippen LogP contribution in [0.15, 0.2) is 54.2 Å². The van der Waals surface area contributed by atoms with E-state index in [1.807, 2.05) is 32.3 Å². The van der Waals surface area contributed by atoms with Gasteiger partial charge in [0.25, 0.3) is 0 Å². The van der Waals surface area contributed by atoms with Crippen LogP contribution in [0.5, 0.6) is 0 Å². The lowest BCUT2D eigenvalue weighted by molar-refractivity contribution is 0.255. The molecule has 0 saturated carbocycles. The second-order valence-electron chi connectivity index (χ2n) is 8.96. The highest BCUT2D eigenvalue weighted by atomic mass is 16.5. The number of anilines is 1. The van der Waals surface area contributed by atoms with Gasteiger partial charge in [0.15, 0.2) is 5.90 Å². The lowest BCUT2D eigenvalue weighted by Crippen LogP contribution is -2.32. The van der Waals surface area contributed by atoms with Gasteiger partial charge in [0, 0.05) is 45.5 Å². The smallest absolute Gasteiger partial charge is 0.185 e. The standard InChI is InChI=1S/C28H41N5O/c1-6-12-26(27-15-19-31(5)30-27)29-24(4)34-22-9-8-16-32-17-11-18-33(21-20-32)28-14-10-13-23(3)25(28)7-2/h6,10,12-15,19H,1,7-9,11,16-18,20-22H2,2-5H3/b26-12-,29-24?. The SMILES string of the molecule is C=C/C=C(\N=C(C)OCCCCN1CCCN(c2cccc(C)c2CC)CC1)c1ccn(C)n1. The lowest BCUT2D eigenvalue weighted by atomic mass is 10.0. The minimum absolute atomic E-state index is 0.661. The molecule has 1 saturated heterocycles. The number of hydrogen-bond acceptors (Lipinski definition) is 5. The molecule has 184 valence electrons. The molecule has 1 aromatic heterocycles. The van der Waals surface area contributed by atoms with E-state index < -0.39 is 0 Å². The van der Waals surface area contributed by atoms with Crippen LogP contribution in [0.4, 0.5) is 5.69 Å². The Morgan fingerprint density at radius 2 is 2.03 bits per heavy atom. The highest BCUT2D eigenvalue weighted by Crippen LogP contribution is 2.25. The molecule has 0 atom stereocenters. The van der Waals surface area contributed by atoms with Gasteiger partial charge in [-0.25, -0.2) is 4.99 Å². The normalized spacial score (nSPS) is 15.9. The Hall–Kier alpha value is -2.86. The predicted molar refractivity (Wildman–Crippen MR) is 144 cm³/mol. The first-order chi connectivity index (χ1) is 16.5. The summed E-state index contributed by atoms with van der Waals surface area (Å²) in [5.74, 6) is 0.661. The number of aromatic nitrogens is 2. The maximum atomic E-state index is 5.89. The van der Waals surface area contributed by atoms with Crippen molar-refractivity contribution < 1.29 is 4.74 Å². The van der Waals surface area contributed by atoms with E-state index in [-0.39, 0.29) is 0 Å². The fourth-order valence-electron chi connectivity index (χ4n) is 4.58. The molecule has 1 aliphatic heterocycles. The highest BCUT2D eigenvalue weighted by molar-refractivity contribution is 5.81. The van der Waals surface area contributed by atoms with Crippen molar-refractivity contribution in [2.75, 3.05) is 44.2 Å². The molecule has 3 rings (SSSR count). The van der Waals surface area contributed by atoms with E-state index in [2.05, 4.69) is 58.5 Å². The first-order valence-electron chi connectivity index (χ1n) is 12.6. The molecule has 0 bridgehead atoms. The first kappa shape index (κ1) is 25.8. The molecule has 1 aliphatic rings. The maximum absolute atomic E-state index is 5.89. The molecule has 2 heterocycles. The zero-order valence-corrected chi connectivity index (χ0v) is 21.5. The minimum atomic E-state index is 0.661. The van der Waals surface area contributed by atoms with E-state index in [0.717, 1.165) is 56.8 Å². The summed E-state index contributed by atoms with van der Waals surface area (Å²) in [4.78, 5) is 9.79. The Bertz CT molecular complexity index is 990. The molecular formula is C28H41N5O. The summed E-state index contributed by atoms with van der Waals surface area (Å²) >= 11 is 0. The quantitative estimate of drug-likeness (QED) is 0.209. The minimum Gasteiger partial charge on any atom is -0.481 e. The number of unbranched alkanes of at least 4 members (excludes halogenated alkanes) is 1. The number of ether oxygens (including phenoxy) is 1. The molecule has 0 unspecified atom stereocenters. The Labute approximate surface area is 205 Å². The molecule has 2 aromatic rings. The van der Waals surface area contributed by atoms with Gasteiger partial charge in [-0.05, 0) is 75.0 Å². The van der Waals surface area contributed by atoms with Crippen LogP contribution < -0.4 is 4.90 Å². The second kappa shape index (κ2) is 13.1. The molecule has 34 heavy (non-hydrogen) atoms. The highest BCUT2D eigenvalue weighted by Gasteiger charge is 2.17. The molecule has 6 heteroatoms. The van der Waals surface area contributed by atoms with E-state index in [9.17, 15) is 0 Å². The largest absolute Gasteiger partial charge is 0.481 e. The molecule has 1 fully saturated rings. The summed E-state index contributed by atoms with van der Waals surface area (Å²) in [6.45, 7) is 16.5. The van der Waals surface area contributed by atoms with Crippen molar-refractivity contribution in [2.45, 2.75) is 46.5 Å². The molecule has 1 aromatic carbocycles. The van der Waals surface area contributed by atoms with E-state index in [1.165, 1.54) is 29.8 Å². The molecular weight excluding hydrogens is 422 g/mol. The summed E-state index contributed by atoms with van der Waals surface area (Å²) < 4.78 is 7.65. The summed E-state index contributed by atoms with van der Waals surface area (Å²) in [7, 11) is 1.90. The van der Waals surface area contributed by atoms with Gasteiger partial charge in [0.2, 0.25) is 0 Å². The van der Waals surface area contributed by atoms with Crippen LogP contribution in [-0.2, 0) is 18.2 Å². The van der Waals surface area contributed by atoms with Crippen LogP contribution in [0.2, 0.25) is 0 Å². The van der Waals surface area contributed by atoms with Crippen molar-refractivity contribution in [1.29, 1.82) is 0 Å². The van der Waals surface area contributed by atoms with E-state index in [4.69, 9.17) is 4.74 Å². The molecule has 0 N–H and O–H groups in total. The Morgan fingerprint density at radius 3 is 2.76 bits per heavy atom. The van der Waals surface area contributed by atoms with Crippen LogP contribution in [0.1, 0.15) is 49.9 Å². The summed E-state index contributed by atoms with van der Waals surface area (Å²) in [6.07, 6.45) is 9.96. The van der Waals surface area contributed by atoms with Crippen molar-refractivity contribution in [3.05, 3.63) is 66.0 Å². The third kappa shape index (κ3) is 7.32. The number of benzene rings is 1. The van der Waals surface area contributed by atoms with Gasteiger partial charge in [0.1, 0.15) is 5.69 Å². The number of aliphatic imine (C=N–C) groups is 1. The average Bonchev–Trinajstić information content (AvgIpc) is 3.12. The van der Waals surface area contributed by atoms with Gasteiger partial charge in [-0.2, -0.15) is 5.10 Å². The van der Waals surface area contributed by atoms with Crippen molar-refractivity contribution in [3.8, 4) is 0 Å². The van der Waals surface area contributed by atoms with Crippen LogP contribution in [0.3, 0.4) is 0 Å². The third-order valence-electron chi connectivity index (χ3n) is 6.38. The Balaban J connectivity index is 1.41. The second-order valence-corrected chi connectivity index (χ2v) is 8.96. The topological polar surface area (TPSA) is 45.9 Å². The van der Waals surface area contributed by atoms with Crippen LogP contribution >= 0.6 is 0 Å². The number of rotatable bonds is 10. The molecule has 0 spiro atoms. The zero-order chi connectivity index (χ0) is 24.3. The van der Waals surface area contributed by atoms with Gasteiger partial charge in [0.05, 0.1) is 12.3 Å². The van der Waals surface area contributed by atoms with Crippen LogP contribution in [-0.4, -0.2) is 59.9 Å². The van der Waals surface area contributed by atoms with Gasteiger partial charge in [-0.3, -0.25) is 4.68 Å².